The van der Waals surface area contributed by atoms with Crippen LogP contribution in [0.5, 0.6) is 0 Å². The van der Waals surface area contributed by atoms with Crippen molar-refractivity contribution in [2.75, 3.05) is 20.6 Å². The van der Waals surface area contributed by atoms with E-state index in [4.69, 9.17) is 0 Å². The maximum Gasteiger partial charge on any atom is 2.00 e. The van der Waals surface area contributed by atoms with Crippen LogP contribution in [-0.4, -0.2) is 25.5 Å². The van der Waals surface area contributed by atoms with Gasteiger partial charge in [-0.3, -0.25) is 0 Å². The molecule has 0 unspecified atom stereocenters. The van der Waals surface area contributed by atoms with Gasteiger partial charge in [0.05, 0.1) is 0 Å². The summed E-state index contributed by atoms with van der Waals surface area (Å²) in [5.74, 6) is 0. The van der Waals surface area contributed by atoms with Gasteiger partial charge in [-0.05, 0) is 41.8 Å². The predicted molar refractivity (Wildman–Crippen MR) is 91.4 cm³/mol. The first-order valence-electron chi connectivity index (χ1n) is 7.31. The molecule has 0 aromatic heterocycles. The third-order valence-electron chi connectivity index (χ3n) is 3.25. The van der Waals surface area contributed by atoms with Gasteiger partial charge in [0.1, 0.15) is 0 Å². The summed E-state index contributed by atoms with van der Waals surface area (Å²) in [7, 11) is 4.12. The molecule has 3 heteroatoms. The Morgan fingerprint density at radius 3 is 2.17 bits per heavy atom. The topological polar surface area (TPSA) is 26.3 Å². The quantitative estimate of drug-likeness (QED) is 0.606. The molecule has 0 amide bonds. The average Bonchev–Trinajstić information content (AvgIpc) is 3.21. The van der Waals surface area contributed by atoms with Crippen molar-refractivity contribution in [2.45, 2.75) is 0 Å². The van der Waals surface area contributed by atoms with E-state index in [9.17, 15) is 5.11 Å². The van der Waals surface area contributed by atoms with Crippen molar-refractivity contribution >= 4 is 11.8 Å². The van der Waals surface area contributed by atoms with Crippen LogP contribution in [0.1, 0.15) is 0 Å². The summed E-state index contributed by atoms with van der Waals surface area (Å²) in [4.78, 5) is 2.15. The van der Waals surface area contributed by atoms with Crippen molar-refractivity contribution in [2.24, 2.45) is 0 Å². The first-order valence-corrected chi connectivity index (χ1v) is 7.31. The number of benzene rings is 1. The summed E-state index contributed by atoms with van der Waals surface area (Å²) in [5.41, 5.74) is 2.52. The van der Waals surface area contributed by atoms with Crippen LogP contribution in [0, 0.1) is 0 Å². The Morgan fingerprint density at radius 2 is 1.70 bits per heavy atom. The molecule has 23 heavy (non-hydrogen) atoms. The van der Waals surface area contributed by atoms with Crippen molar-refractivity contribution < 1.29 is 22.2 Å². The van der Waals surface area contributed by atoms with E-state index in [2.05, 4.69) is 37.2 Å². The van der Waals surface area contributed by atoms with Crippen molar-refractivity contribution in [3.63, 3.8) is 0 Å². The van der Waals surface area contributed by atoms with Gasteiger partial charge < -0.3 is 10.0 Å². The number of hydrogen-bond acceptors (Lipinski definition) is 2. The zero-order valence-corrected chi connectivity index (χ0v) is 14.5. The average molecular weight is 347 g/mol. The molecular weight excluding hydrogens is 326 g/mol. The summed E-state index contributed by atoms with van der Waals surface area (Å²) in [6, 6.07) is 17.7. The number of rotatable bonds is 2. The molecule has 1 aliphatic rings. The number of hydrogen-bond donors (Lipinski definition) is 0. The molecule has 0 saturated heterocycles. The summed E-state index contributed by atoms with van der Waals surface area (Å²) in [6.07, 6.45) is 7.32. The van der Waals surface area contributed by atoms with E-state index in [1.165, 1.54) is 11.1 Å². The second-order valence-corrected chi connectivity index (χ2v) is 5.45. The van der Waals surface area contributed by atoms with E-state index in [-0.39, 0.29) is 17.1 Å². The molecule has 0 aliphatic heterocycles. The smallest absolute Gasteiger partial charge is 0.877 e. The van der Waals surface area contributed by atoms with Crippen LogP contribution >= 0.6 is 0 Å². The zero-order chi connectivity index (χ0) is 15.8. The van der Waals surface area contributed by atoms with E-state index >= 15 is 0 Å². The second kappa shape index (κ2) is 9.96. The van der Waals surface area contributed by atoms with Gasteiger partial charge in [0, 0.05) is 6.54 Å². The molecule has 1 aliphatic carbocycles. The number of likely N-dealkylation sites (N-methyl/N-ethyl adjacent to an activating group) is 1. The Morgan fingerprint density at radius 1 is 1.04 bits per heavy atom. The normalized spacial score (nSPS) is 12.3. The van der Waals surface area contributed by atoms with Gasteiger partial charge in [0.25, 0.3) is 0 Å². The van der Waals surface area contributed by atoms with Crippen LogP contribution in [0.4, 0.5) is 0 Å². The second-order valence-electron chi connectivity index (χ2n) is 5.45. The number of allylic oxidation sites excluding steroid dienone is 2. The summed E-state index contributed by atoms with van der Waals surface area (Å²) in [5, 5.41) is 12.4. The van der Waals surface area contributed by atoms with Gasteiger partial charge in [-0.2, -0.15) is 18.2 Å². The fourth-order valence-electron chi connectivity index (χ4n) is 2.21. The van der Waals surface area contributed by atoms with Crippen molar-refractivity contribution in [1.29, 1.82) is 0 Å². The molecule has 0 spiro atoms. The molecule has 2 nitrogen and oxygen atoms in total. The van der Waals surface area contributed by atoms with Crippen LogP contribution in [0.3, 0.4) is 0 Å². The third kappa shape index (κ3) is 6.37. The molecule has 0 fully saturated rings. The van der Waals surface area contributed by atoms with Crippen molar-refractivity contribution in [1.82, 2.24) is 4.90 Å². The Labute approximate surface area is 148 Å². The Kier molecular flexibility index (Phi) is 8.28. The van der Waals surface area contributed by atoms with Crippen molar-refractivity contribution in [3.8, 4) is 0 Å². The molecule has 0 heterocycles. The van der Waals surface area contributed by atoms with E-state index in [1.54, 1.807) is 0 Å². The first-order chi connectivity index (χ1) is 10.7. The molecule has 2 aromatic carbocycles. The van der Waals surface area contributed by atoms with Gasteiger partial charge in [-0.15, -0.1) is 6.26 Å². The first kappa shape index (κ1) is 19.1. The van der Waals surface area contributed by atoms with E-state index in [1.807, 2.05) is 54.6 Å². The fourth-order valence-corrected chi connectivity index (χ4v) is 2.21. The molecular formula is C20H21FeNO. The van der Waals surface area contributed by atoms with Crippen LogP contribution in [-0.2, 0) is 17.1 Å². The summed E-state index contributed by atoms with van der Waals surface area (Å²) >= 11 is 0. The van der Waals surface area contributed by atoms with Gasteiger partial charge in [-0.25, -0.2) is 12.1 Å². The maximum absolute atomic E-state index is 10.6. The van der Waals surface area contributed by atoms with Crippen LogP contribution in [0.2, 0.25) is 0 Å². The Bertz CT molecular complexity index is 715. The van der Waals surface area contributed by atoms with Gasteiger partial charge in [-0.1, -0.05) is 36.4 Å². The molecule has 2 aromatic rings. The minimum Gasteiger partial charge on any atom is -0.877 e. The minimum atomic E-state index is 0. The van der Waals surface area contributed by atoms with Crippen molar-refractivity contribution in [3.05, 3.63) is 88.8 Å². The SMILES string of the molecule is CN(C)CC1=CC(=c2ccc(=C[O-])cc2)C=C1.[Fe+2].c1cc[cH-]c1. The monoisotopic (exact) mass is 347 g/mol. The molecule has 0 N–H and O–H groups in total. The Balaban J connectivity index is 0.000000377. The van der Waals surface area contributed by atoms with E-state index in [0.29, 0.717) is 5.22 Å². The van der Waals surface area contributed by atoms with Crippen LogP contribution in [0.15, 0.2) is 78.4 Å². The van der Waals surface area contributed by atoms with Crippen LogP contribution < -0.4 is 15.5 Å². The summed E-state index contributed by atoms with van der Waals surface area (Å²) < 4.78 is 0. The largest absolute Gasteiger partial charge is 2.00 e. The molecule has 0 radical (unpaired) electrons. The van der Waals surface area contributed by atoms with E-state index in [0.717, 1.165) is 18.0 Å². The van der Waals surface area contributed by atoms with E-state index < -0.39 is 0 Å². The van der Waals surface area contributed by atoms with Crippen LogP contribution in [0.25, 0.3) is 11.8 Å². The van der Waals surface area contributed by atoms with Gasteiger partial charge >= 0.3 is 17.1 Å². The Hall–Kier alpha value is -1.93. The fraction of sp³-hybridized carbons (Fsp3) is 0.150. The zero-order valence-electron chi connectivity index (χ0n) is 13.4. The molecule has 0 bridgehead atoms. The maximum atomic E-state index is 10.6. The van der Waals surface area contributed by atoms with Gasteiger partial charge in [0.15, 0.2) is 0 Å². The predicted octanol–water partition coefficient (Wildman–Crippen LogP) is 1.40. The minimum absolute atomic E-state index is 0. The molecule has 0 saturated carbocycles. The summed E-state index contributed by atoms with van der Waals surface area (Å²) in [6.45, 7) is 0.951. The molecule has 0 atom stereocenters. The molecule has 120 valence electrons. The van der Waals surface area contributed by atoms with Gasteiger partial charge in [0.2, 0.25) is 0 Å². The standard InChI is InChI=1S/C15H17NO.C5H5.Fe/c1-16(2)10-13-5-8-15(9-13)14-6-3-12(11-17)4-7-14;1-2-4-5-3-1;/h3-9,11,17H,10H2,1-2H3;1-5H;/q;-1;+2/p-1. The molecule has 3 rings (SSSR count). The third-order valence-corrected chi connectivity index (χ3v) is 3.25. The number of nitrogens with zero attached hydrogens (tertiary/aromatic N) is 1.